The summed E-state index contributed by atoms with van der Waals surface area (Å²) in [6.45, 7) is 2.54. The Labute approximate surface area is 191 Å². The normalized spacial score (nSPS) is 20.7. The molecule has 3 aromatic rings. The number of likely N-dealkylation sites (tertiary alicyclic amines) is 1. The Hall–Kier alpha value is -3.26. The second kappa shape index (κ2) is 9.70. The molecule has 0 saturated carbocycles. The first-order chi connectivity index (χ1) is 16.2. The lowest BCUT2D eigenvalue weighted by Crippen LogP contribution is -2.39. The molecule has 33 heavy (non-hydrogen) atoms. The summed E-state index contributed by atoms with van der Waals surface area (Å²) in [5.41, 5.74) is 1.31. The Morgan fingerprint density at radius 1 is 1.09 bits per heavy atom. The predicted octanol–water partition coefficient (Wildman–Crippen LogP) is 4.45. The molecule has 2 aromatic carbocycles. The summed E-state index contributed by atoms with van der Waals surface area (Å²) in [5, 5.41) is 4.04. The van der Waals surface area contributed by atoms with E-state index in [9.17, 15) is 9.18 Å². The number of amides is 1. The third-order valence-corrected chi connectivity index (χ3v) is 6.16. The molecule has 2 aliphatic heterocycles. The van der Waals surface area contributed by atoms with Gasteiger partial charge < -0.3 is 18.9 Å². The maximum Gasteiger partial charge on any atom is 0.253 e. The van der Waals surface area contributed by atoms with Crippen molar-refractivity contribution < 1.29 is 23.2 Å². The molecule has 5 rings (SSSR count). The molecule has 0 unspecified atom stereocenters. The number of halogens is 1. The van der Waals surface area contributed by atoms with E-state index in [1.54, 1.807) is 24.3 Å². The van der Waals surface area contributed by atoms with Crippen molar-refractivity contribution in [3.05, 3.63) is 65.8 Å². The van der Waals surface area contributed by atoms with Gasteiger partial charge in [-0.3, -0.25) is 4.79 Å². The first kappa shape index (κ1) is 21.6. The molecule has 3 heterocycles. The lowest BCUT2D eigenvalue weighted by Gasteiger charge is -2.31. The number of aromatic nitrogens is 2. The minimum Gasteiger partial charge on any atom is -0.491 e. The fourth-order valence-corrected chi connectivity index (χ4v) is 4.32. The monoisotopic (exact) mass is 451 g/mol. The number of hydrogen-bond acceptors (Lipinski definition) is 6. The van der Waals surface area contributed by atoms with Crippen LogP contribution < -0.4 is 4.74 Å². The van der Waals surface area contributed by atoms with Gasteiger partial charge in [-0.1, -0.05) is 5.16 Å². The molecule has 1 aromatic heterocycles. The highest BCUT2D eigenvalue weighted by molar-refractivity contribution is 5.94. The van der Waals surface area contributed by atoms with Gasteiger partial charge in [0.15, 0.2) is 0 Å². The number of benzene rings is 2. The van der Waals surface area contributed by atoms with Gasteiger partial charge in [-0.2, -0.15) is 4.98 Å². The zero-order chi connectivity index (χ0) is 22.6. The van der Waals surface area contributed by atoms with Crippen LogP contribution in [0, 0.1) is 5.82 Å². The van der Waals surface area contributed by atoms with E-state index in [0.29, 0.717) is 42.5 Å². The van der Waals surface area contributed by atoms with Gasteiger partial charge in [0, 0.05) is 30.8 Å². The first-order valence-corrected chi connectivity index (χ1v) is 11.4. The smallest absolute Gasteiger partial charge is 0.253 e. The number of nitrogens with zero attached hydrogens (tertiary/aromatic N) is 3. The van der Waals surface area contributed by atoms with E-state index in [0.717, 1.165) is 38.0 Å². The average Bonchev–Trinajstić information content (AvgIpc) is 3.56. The molecule has 0 bridgehead atoms. The summed E-state index contributed by atoms with van der Waals surface area (Å²) in [6, 6.07) is 13.2. The van der Waals surface area contributed by atoms with E-state index in [-0.39, 0.29) is 23.7 Å². The van der Waals surface area contributed by atoms with Crippen molar-refractivity contribution in [3.63, 3.8) is 0 Å². The van der Waals surface area contributed by atoms with Crippen LogP contribution >= 0.6 is 0 Å². The molecule has 2 aliphatic rings. The highest BCUT2D eigenvalue weighted by Crippen LogP contribution is 2.29. The summed E-state index contributed by atoms with van der Waals surface area (Å²) in [4.78, 5) is 19.4. The zero-order valence-electron chi connectivity index (χ0n) is 18.3. The topological polar surface area (TPSA) is 77.7 Å². The van der Waals surface area contributed by atoms with Crippen molar-refractivity contribution in [1.29, 1.82) is 0 Å². The number of ether oxygens (including phenoxy) is 2. The van der Waals surface area contributed by atoms with E-state index >= 15 is 0 Å². The van der Waals surface area contributed by atoms with Gasteiger partial charge in [0.1, 0.15) is 18.2 Å². The molecule has 7 nitrogen and oxygen atoms in total. The molecule has 172 valence electrons. The van der Waals surface area contributed by atoms with Crippen LogP contribution in [0.15, 0.2) is 53.1 Å². The van der Waals surface area contributed by atoms with E-state index in [4.69, 9.17) is 14.0 Å². The quantitative estimate of drug-likeness (QED) is 0.551. The van der Waals surface area contributed by atoms with E-state index in [1.165, 1.54) is 12.1 Å². The van der Waals surface area contributed by atoms with Crippen LogP contribution in [0.1, 0.15) is 47.8 Å². The molecule has 2 saturated heterocycles. The number of carbonyl (C=O) groups is 1. The van der Waals surface area contributed by atoms with Crippen molar-refractivity contribution in [2.75, 3.05) is 26.3 Å². The SMILES string of the molecule is O=C(c1ccc(OC[C@H]2CCCO2)cc1)N1CCC[C@@H](c2nc(-c3ccc(F)cc3)no2)C1. The number of hydrogen-bond donors (Lipinski definition) is 0. The minimum absolute atomic E-state index is 0.0244. The van der Waals surface area contributed by atoms with Crippen LogP contribution in [0.2, 0.25) is 0 Å². The van der Waals surface area contributed by atoms with Gasteiger partial charge in [-0.05, 0) is 74.2 Å². The van der Waals surface area contributed by atoms with E-state index in [2.05, 4.69) is 10.1 Å². The molecule has 2 atom stereocenters. The fraction of sp³-hybridized carbons (Fsp3) is 0.400. The highest BCUT2D eigenvalue weighted by Gasteiger charge is 2.29. The van der Waals surface area contributed by atoms with E-state index < -0.39 is 0 Å². The Balaban J connectivity index is 1.20. The van der Waals surface area contributed by atoms with Gasteiger partial charge in [0.05, 0.1) is 12.0 Å². The molecule has 8 heteroatoms. The molecule has 0 aliphatic carbocycles. The van der Waals surface area contributed by atoms with Gasteiger partial charge in [0.25, 0.3) is 5.91 Å². The molecule has 2 fully saturated rings. The minimum atomic E-state index is -0.314. The number of carbonyl (C=O) groups excluding carboxylic acids is 1. The van der Waals surface area contributed by atoms with Gasteiger partial charge >= 0.3 is 0 Å². The lowest BCUT2D eigenvalue weighted by atomic mass is 9.97. The molecule has 1 amide bonds. The highest BCUT2D eigenvalue weighted by atomic mass is 19.1. The van der Waals surface area contributed by atoms with Crippen LogP contribution in [-0.2, 0) is 4.74 Å². The molecule has 0 N–H and O–H groups in total. The largest absolute Gasteiger partial charge is 0.491 e. The maximum atomic E-state index is 13.2. The Morgan fingerprint density at radius 3 is 2.67 bits per heavy atom. The van der Waals surface area contributed by atoms with Crippen LogP contribution in [0.4, 0.5) is 4.39 Å². The third kappa shape index (κ3) is 5.06. The van der Waals surface area contributed by atoms with Gasteiger partial charge in [-0.15, -0.1) is 0 Å². The van der Waals surface area contributed by atoms with Crippen LogP contribution in [0.25, 0.3) is 11.4 Å². The van der Waals surface area contributed by atoms with Crippen LogP contribution in [-0.4, -0.2) is 53.4 Å². The third-order valence-electron chi connectivity index (χ3n) is 6.16. The fourth-order valence-electron chi connectivity index (χ4n) is 4.32. The lowest BCUT2D eigenvalue weighted by molar-refractivity contribution is 0.0675. The van der Waals surface area contributed by atoms with Crippen molar-refractivity contribution in [2.45, 2.75) is 37.7 Å². The first-order valence-electron chi connectivity index (χ1n) is 11.4. The van der Waals surface area contributed by atoms with Crippen molar-refractivity contribution >= 4 is 5.91 Å². The Bertz CT molecular complexity index is 1080. The number of rotatable bonds is 6. The van der Waals surface area contributed by atoms with Crippen molar-refractivity contribution in [3.8, 4) is 17.1 Å². The summed E-state index contributed by atoms with van der Waals surface area (Å²) >= 11 is 0. The van der Waals surface area contributed by atoms with Crippen LogP contribution in [0.3, 0.4) is 0 Å². The van der Waals surface area contributed by atoms with Gasteiger partial charge in [-0.25, -0.2) is 4.39 Å². The maximum absolute atomic E-state index is 13.2. The standard InChI is InChI=1S/C25H26FN3O4/c26-20-9-5-17(6-10-20)23-27-24(33-28-23)19-3-1-13-29(15-19)25(30)18-7-11-21(12-8-18)32-16-22-4-2-14-31-22/h5-12,19,22H,1-4,13-16H2/t19-,22-/m1/s1. The molecular weight excluding hydrogens is 425 g/mol. The summed E-state index contributed by atoms with van der Waals surface area (Å²) < 4.78 is 30.0. The Morgan fingerprint density at radius 2 is 1.91 bits per heavy atom. The summed E-state index contributed by atoms with van der Waals surface area (Å²) in [6.07, 6.45) is 3.98. The molecular formula is C25H26FN3O4. The average molecular weight is 451 g/mol. The number of piperidine rings is 1. The van der Waals surface area contributed by atoms with Gasteiger partial charge in [0.2, 0.25) is 11.7 Å². The molecule has 0 radical (unpaired) electrons. The van der Waals surface area contributed by atoms with Crippen molar-refractivity contribution in [2.24, 2.45) is 0 Å². The van der Waals surface area contributed by atoms with Crippen molar-refractivity contribution in [1.82, 2.24) is 15.0 Å². The molecule has 0 spiro atoms. The second-order valence-corrected chi connectivity index (χ2v) is 8.52. The predicted molar refractivity (Wildman–Crippen MR) is 118 cm³/mol. The Kier molecular flexibility index (Phi) is 6.35. The second-order valence-electron chi connectivity index (χ2n) is 8.52. The summed E-state index contributed by atoms with van der Waals surface area (Å²) in [5.74, 6) is 1.29. The van der Waals surface area contributed by atoms with Crippen LogP contribution in [0.5, 0.6) is 5.75 Å². The zero-order valence-corrected chi connectivity index (χ0v) is 18.3. The summed E-state index contributed by atoms with van der Waals surface area (Å²) in [7, 11) is 0. The van der Waals surface area contributed by atoms with E-state index in [1.807, 2.05) is 17.0 Å².